The van der Waals surface area contributed by atoms with Crippen molar-refractivity contribution in [2.75, 3.05) is 19.6 Å². The fraction of sp³-hybridized carbons (Fsp3) is 0.556. The minimum Gasteiger partial charge on any atom is -0.385 e. The Morgan fingerprint density at radius 1 is 0.957 bits per heavy atom. The molecule has 2 nitrogen and oxygen atoms in total. The highest BCUT2D eigenvalue weighted by molar-refractivity contribution is 5.75. The SMILES string of the molecule is C=C(/C=C(C)\C=C/CC)c1cc(CN2CCC(C)CC2)ccc1CCC.C=C(NCCC(C)CCCC)c1cc(C)ccc1C.CC. The van der Waals surface area contributed by atoms with Crippen molar-refractivity contribution in [2.24, 2.45) is 11.8 Å². The lowest BCUT2D eigenvalue weighted by Crippen LogP contribution is -2.32. The van der Waals surface area contributed by atoms with E-state index in [0.717, 1.165) is 49.0 Å². The van der Waals surface area contributed by atoms with Crippen molar-refractivity contribution < 1.29 is 0 Å². The molecule has 0 bridgehead atoms. The molecule has 3 rings (SSSR count). The van der Waals surface area contributed by atoms with Gasteiger partial charge < -0.3 is 5.32 Å². The van der Waals surface area contributed by atoms with Gasteiger partial charge in [0.15, 0.2) is 0 Å². The summed E-state index contributed by atoms with van der Waals surface area (Å²) in [6.07, 6.45) is 17.9. The highest BCUT2D eigenvalue weighted by Gasteiger charge is 2.16. The van der Waals surface area contributed by atoms with Crippen molar-refractivity contribution in [1.29, 1.82) is 0 Å². The summed E-state index contributed by atoms with van der Waals surface area (Å²) in [5, 5.41) is 3.48. The highest BCUT2D eigenvalue weighted by Crippen LogP contribution is 2.26. The number of nitrogens with zero attached hydrogens (tertiary/aromatic N) is 1. The molecular formula is C45H72N2. The van der Waals surface area contributed by atoms with Gasteiger partial charge in [-0.3, -0.25) is 4.90 Å². The van der Waals surface area contributed by atoms with Crippen molar-refractivity contribution in [3.05, 3.63) is 107 Å². The average molecular weight is 641 g/mol. The van der Waals surface area contributed by atoms with Crippen LogP contribution >= 0.6 is 0 Å². The van der Waals surface area contributed by atoms with E-state index in [-0.39, 0.29) is 0 Å². The van der Waals surface area contributed by atoms with Crippen molar-refractivity contribution >= 4 is 11.3 Å². The van der Waals surface area contributed by atoms with Gasteiger partial charge in [-0.25, -0.2) is 0 Å². The number of aryl methyl sites for hydroxylation is 3. The molecule has 1 atom stereocenters. The van der Waals surface area contributed by atoms with Crippen LogP contribution in [0.2, 0.25) is 0 Å². The zero-order valence-electron chi connectivity index (χ0n) is 32.4. The minimum atomic E-state index is 0.804. The number of unbranched alkanes of at least 4 members (excludes halogenated alkanes) is 1. The van der Waals surface area contributed by atoms with Gasteiger partial charge in [0.2, 0.25) is 0 Å². The van der Waals surface area contributed by atoms with E-state index in [2.05, 4.69) is 133 Å². The Morgan fingerprint density at radius 3 is 2.30 bits per heavy atom. The maximum Gasteiger partial charge on any atom is 0.0343 e. The molecular weight excluding hydrogens is 569 g/mol. The van der Waals surface area contributed by atoms with Crippen molar-refractivity contribution in [1.82, 2.24) is 10.2 Å². The number of rotatable bonds is 16. The third-order valence-corrected chi connectivity index (χ3v) is 9.08. The monoisotopic (exact) mass is 641 g/mol. The van der Waals surface area contributed by atoms with Gasteiger partial charge >= 0.3 is 0 Å². The largest absolute Gasteiger partial charge is 0.385 e. The molecule has 1 aliphatic heterocycles. The molecule has 1 heterocycles. The number of allylic oxidation sites excluding steroid dienone is 5. The quantitative estimate of drug-likeness (QED) is 0.184. The lowest BCUT2D eigenvalue weighted by Gasteiger charge is -2.30. The third-order valence-electron chi connectivity index (χ3n) is 9.08. The van der Waals surface area contributed by atoms with Crippen molar-refractivity contribution in [3.8, 4) is 0 Å². The van der Waals surface area contributed by atoms with E-state index in [1.54, 1.807) is 0 Å². The Kier molecular flexibility index (Phi) is 21.8. The molecule has 2 aromatic rings. The predicted octanol–water partition coefficient (Wildman–Crippen LogP) is 12.9. The minimum absolute atomic E-state index is 0.804. The molecule has 0 aliphatic carbocycles. The maximum absolute atomic E-state index is 4.39. The summed E-state index contributed by atoms with van der Waals surface area (Å²) >= 11 is 0. The topological polar surface area (TPSA) is 15.3 Å². The Labute approximate surface area is 292 Å². The van der Waals surface area contributed by atoms with E-state index >= 15 is 0 Å². The fourth-order valence-electron chi connectivity index (χ4n) is 6.01. The molecule has 0 spiro atoms. The third kappa shape index (κ3) is 16.7. The molecule has 1 saturated heterocycles. The van der Waals surface area contributed by atoms with Gasteiger partial charge in [0.05, 0.1) is 0 Å². The van der Waals surface area contributed by atoms with Gasteiger partial charge in [0, 0.05) is 24.4 Å². The van der Waals surface area contributed by atoms with Gasteiger partial charge in [0.25, 0.3) is 0 Å². The molecule has 1 unspecified atom stereocenters. The maximum atomic E-state index is 4.39. The molecule has 0 radical (unpaired) electrons. The first-order valence-corrected chi connectivity index (χ1v) is 19.0. The van der Waals surface area contributed by atoms with Gasteiger partial charge in [-0.1, -0.05) is 141 Å². The van der Waals surface area contributed by atoms with E-state index in [1.807, 2.05) is 13.8 Å². The van der Waals surface area contributed by atoms with Crippen LogP contribution in [0, 0.1) is 25.7 Å². The van der Waals surface area contributed by atoms with E-state index in [9.17, 15) is 0 Å². The van der Waals surface area contributed by atoms with Crippen LogP contribution in [0.4, 0.5) is 0 Å². The lowest BCUT2D eigenvalue weighted by atomic mass is 9.93. The molecule has 1 fully saturated rings. The first-order valence-electron chi connectivity index (χ1n) is 19.0. The van der Waals surface area contributed by atoms with Crippen molar-refractivity contribution in [3.63, 3.8) is 0 Å². The van der Waals surface area contributed by atoms with Crippen LogP contribution in [0.1, 0.15) is 140 Å². The van der Waals surface area contributed by atoms with Crippen LogP contribution in [0.5, 0.6) is 0 Å². The highest BCUT2D eigenvalue weighted by atomic mass is 15.1. The number of benzene rings is 2. The van der Waals surface area contributed by atoms with Crippen LogP contribution in [0.15, 0.2) is 73.4 Å². The number of hydrogen-bond acceptors (Lipinski definition) is 2. The summed E-state index contributed by atoms with van der Waals surface area (Å²) in [6, 6.07) is 13.6. The molecule has 0 amide bonds. The number of piperidine rings is 1. The van der Waals surface area contributed by atoms with E-state index in [0.29, 0.717) is 0 Å². The summed E-state index contributed by atoms with van der Waals surface area (Å²) in [7, 11) is 0. The van der Waals surface area contributed by atoms with Crippen LogP contribution in [-0.4, -0.2) is 24.5 Å². The van der Waals surface area contributed by atoms with Gasteiger partial charge in [-0.2, -0.15) is 0 Å². The molecule has 0 saturated carbocycles. The second kappa shape index (κ2) is 24.3. The summed E-state index contributed by atoms with van der Waals surface area (Å²) < 4.78 is 0. The Morgan fingerprint density at radius 2 is 1.66 bits per heavy atom. The fourth-order valence-corrected chi connectivity index (χ4v) is 6.01. The van der Waals surface area contributed by atoms with Crippen LogP contribution < -0.4 is 5.32 Å². The van der Waals surface area contributed by atoms with Gasteiger partial charge in [-0.15, -0.1) is 0 Å². The summed E-state index contributed by atoms with van der Waals surface area (Å²) in [5.74, 6) is 1.69. The molecule has 0 aromatic heterocycles. The summed E-state index contributed by atoms with van der Waals surface area (Å²) in [5.41, 5.74) is 11.5. The van der Waals surface area contributed by atoms with Gasteiger partial charge in [-0.05, 0) is 118 Å². The molecule has 1 aliphatic rings. The molecule has 1 N–H and O–H groups in total. The second-order valence-electron chi connectivity index (χ2n) is 13.7. The summed E-state index contributed by atoms with van der Waals surface area (Å²) in [4.78, 5) is 2.60. The number of hydrogen-bond donors (Lipinski definition) is 1. The number of nitrogens with one attached hydrogen (secondary N) is 1. The molecule has 2 aromatic carbocycles. The van der Waals surface area contributed by atoms with Crippen LogP contribution in [0.3, 0.4) is 0 Å². The second-order valence-corrected chi connectivity index (χ2v) is 13.7. The normalized spacial score (nSPS) is 14.6. The number of likely N-dealkylation sites (tertiary alicyclic amines) is 1. The zero-order valence-corrected chi connectivity index (χ0v) is 32.4. The van der Waals surface area contributed by atoms with Crippen molar-refractivity contribution in [2.45, 2.75) is 134 Å². The van der Waals surface area contributed by atoms with E-state index in [1.165, 1.54) is 97.0 Å². The first-order chi connectivity index (χ1) is 22.6. The Bertz CT molecular complexity index is 1240. The molecule has 47 heavy (non-hydrogen) atoms. The molecule has 262 valence electrons. The zero-order chi connectivity index (χ0) is 35.2. The smallest absolute Gasteiger partial charge is 0.0343 e. The van der Waals surface area contributed by atoms with Crippen LogP contribution in [-0.2, 0) is 13.0 Å². The Balaban J connectivity index is 0.000000467. The van der Waals surface area contributed by atoms with E-state index in [4.69, 9.17) is 0 Å². The standard InChI is InChI=1S/C25H37N.C18H29N.C2H6/c1-6-8-10-21(4)17-22(5)25-18-23(11-12-24(25)9-7-2)19-26-15-13-20(3)14-16-26;1-6-7-8-14(2)11-12-19-17(5)18-13-15(3)9-10-16(18)4;1-2/h8,10-12,17-18,20H,5-7,9,13-16,19H2,1-4H3;9-10,13-14,19H,5-8,11-12H2,1-4H3;1-2H3/b10-8-,21-17-;;. The average Bonchev–Trinajstić information content (AvgIpc) is 3.06. The van der Waals surface area contributed by atoms with Crippen LogP contribution in [0.25, 0.3) is 11.3 Å². The van der Waals surface area contributed by atoms with E-state index < -0.39 is 0 Å². The van der Waals surface area contributed by atoms with Gasteiger partial charge in [0.1, 0.15) is 0 Å². The lowest BCUT2D eigenvalue weighted by molar-refractivity contribution is 0.185. The first kappa shape index (κ1) is 42.2. The predicted molar refractivity (Wildman–Crippen MR) is 214 cm³/mol. The Hall–Kier alpha value is -2.84. The summed E-state index contributed by atoms with van der Waals surface area (Å²) in [6.45, 7) is 35.0. The molecule has 2 heteroatoms.